The third-order valence-electron chi connectivity index (χ3n) is 3.50. The van der Waals surface area contributed by atoms with Gasteiger partial charge in [0.05, 0.1) is 5.56 Å². The van der Waals surface area contributed by atoms with E-state index in [-0.39, 0.29) is 19.4 Å². The van der Waals surface area contributed by atoms with E-state index >= 15 is 0 Å². The van der Waals surface area contributed by atoms with Crippen molar-refractivity contribution in [3.05, 3.63) is 57.6 Å². The van der Waals surface area contributed by atoms with Crippen molar-refractivity contribution in [2.24, 2.45) is 0 Å². The summed E-state index contributed by atoms with van der Waals surface area (Å²) in [5.41, 5.74) is 2.58. The number of hydrogen-bond donors (Lipinski definition) is 0. The second-order valence-electron chi connectivity index (χ2n) is 4.92. The van der Waals surface area contributed by atoms with Crippen molar-refractivity contribution in [3.63, 3.8) is 0 Å². The van der Waals surface area contributed by atoms with E-state index in [0.717, 1.165) is 16.5 Å². The summed E-state index contributed by atoms with van der Waals surface area (Å²) in [6.07, 6.45) is 0.944. The van der Waals surface area contributed by atoms with Gasteiger partial charge in [-0.2, -0.15) is 0 Å². The van der Waals surface area contributed by atoms with Crippen LogP contribution in [0.15, 0.2) is 40.9 Å². The predicted octanol–water partition coefficient (Wildman–Crippen LogP) is 4.10. The topological polar surface area (TPSA) is 44.8 Å². The molecule has 0 bridgehead atoms. The molecule has 0 amide bonds. The first kappa shape index (κ1) is 14.9. The highest BCUT2D eigenvalue weighted by molar-refractivity contribution is 9.10. The van der Waals surface area contributed by atoms with Crippen molar-refractivity contribution < 1.29 is 19.0 Å². The van der Waals surface area contributed by atoms with Gasteiger partial charge in [-0.15, -0.1) is 0 Å². The Morgan fingerprint density at radius 1 is 1.18 bits per heavy atom. The molecule has 0 N–H and O–H groups in total. The number of carbonyl (C=O) groups is 1. The zero-order valence-electron chi connectivity index (χ0n) is 12.1. The van der Waals surface area contributed by atoms with Crippen molar-refractivity contribution in [1.29, 1.82) is 0 Å². The average Bonchev–Trinajstić information content (AvgIpc) is 2.99. The molecule has 22 heavy (non-hydrogen) atoms. The minimum atomic E-state index is -0.341. The van der Waals surface area contributed by atoms with E-state index in [4.69, 9.17) is 14.2 Å². The third kappa shape index (κ3) is 3.09. The van der Waals surface area contributed by atoms with Gasteiger partial charge in [0.25, 0.3) is 0 Å². The van der Waals surface area contributed by atoms with Crippen LogP contribution >= 0.6 is 15.9 Å². The van der Waals surface area contributed by atoms with Gasteiger partial charge in [0, 0.05) is 10.0 Å². The summed E-state index contributed by atoms with van der Waals surface area (Å²) in [5, 5.41) is 0. The fourth-order valence-electron chi connectivity index (χ4n) is 2.17. The Balaban J connectivity index is 1.68. The van der Waals surface area contributed by atoms with Crippen LogP contribution in [0.3, 0.4) is 0 Å². The molecule has 0 spiro atoms. The number of benzene rings is 2. The Morgan fingerprint density at radius 2 is 1.86 bits per heavy atom. The van der Waals surface area contributed by atoms with Crippen molar-refractivity contribution in [1.82, 2.24) is 0 Å². The fraction of sp³-hybridized carbons (Fsp3) is 0.235. The molecule has 2 aromatic carbocycles. The van der Waals surface area contributed by atoms with Gasteiger partial charge in [-0.25, -0.2) is 4.79 Å². The maximum atomic E-state index is 12.1. The van der Waals surface area contributed by atoms with E-state index in [1.54, 1.807) is 12.1 Å². The highest BCUT2D eigenvalue weighted by Gasteiger charge is 2.17. The normalized spacial score (nSPS) is 12.3. The number of halogens is 1. The number of fused-ring (bicyclic) bond motifs is 1. The Morgan fingerprint density at radius 3 is 2.55 bits per heavy atom. The highest BCUT2D eigenvalue weighted by Crippen LogP contribution is 2.37. The van der Waals surface area contributed by atoms with Gasteiger partial charge in [-0.3, -0.25) is 0 Å². The maximum absolute atomic E-state index is 12.1. The Kier molecular flexibility index (Phi) is 4.34. The monoisotopic (exact) mass is 362 g/mol. The first-order valence-corrected chi connectivity index (χ1v) is 7.80. The number of ether oxygens (including phenoxy) is 3. The molecule has 1 heterocycles. The quantitative estimate of drug-likeness (QED) is 0.768. The van der Waals surface area contributed by atoms with Crippen LogP contribution in [0.5, 0.6) is 11.5 Å². The summed E-state index contributed by atoms with van der Waals surface area (Å²) >= 11 is 3.45. The van der Waals surface area contributed by atoms with Crippen LogP contribution in [0.25, 0.3) is 0 Å². The summed E-state index contributed by atoms with van der Waals surface area (Å²) < 4.78 is 16.8. The SMILES string of the molecule is CCc1ccc(C(=O)OCc2cc3c(cc2Br)OCO3)cc1. The second kappa shape index (κ2) is 6.40. The largest absolute Gasteiger partial charge is 0.457 e. The van der Waals surface area contributed by atoms with Crippen LogP contribution < -0.4 is 9.47 Å². The number of esters is 1. The van der Waals surface area contributed by atoms with Crippen molar-refractivity contribution in [3.8, 4) is 11.5 Å². The van der Waals surface area contributed by atoms with Gasteiger partial charge in [-0.1, -0.05) is 35.0 Å². The summed E-state index contributed by atoms with van der Waals surface area (Å²) in [6, 6.07) is 11.1. The minimum absolute atomic E-state index is 0.172. The number of carbonyl (C=O) groups excluding carboxylic acids is 1. The van der Waals surface area contributed by atoms with E-state index in [1.807, 2.05) is 24.3 Å². The lowest BCUT2D eigenvalue weighted by Crippen LogP contribution is -2.05. The van der Waals surface area contributed by atoms with E-state index in [2.05, 4.69) is 22.9 Å². The minimum Gasteiger partial charge on any atom is -0.457 e. The number of aryl methyl sites for hydroxylation is 1. The zero-order valence-corrected chi connectivity index (χ0v) is 13.7. The molecule has 0 unspecified atom stereocenters. The smallest absolute Gasteiger partial charge is 0.338 e. The molecule has 0 saturated heterocycles. The van der Waals surface area contributed by atoms with E-state index < -0.39 is 0 Å². The van der Waals surface area contributed by atoms with Gasteiger partial charge in [-0.05, 0) is 36.2 Å². The lowest BCUT2D eigenvalue weighted by molar-refractivity contribution is 0.0471. The summed E-state index contributed by atoms with van der Waals surface area (Å²) in [5.74, 6) is 1.02. The van der Waals surface area contributed by atoms with Crippen molar-refractivity contribution in [2.75, 3.05) is 6.79 Å². The Hall–Kier alpha value is -2.01. The molecule has 1 aliphatic heterocycles. The molecular formula is C17H15BrO4. The zero-order chi connectivity index (χ0) is 15.5. The molecule has 3 rings (SSSR count). The van der Waals surface area contributed by atoms with Crippen molar-refractivity contribution >= 4 is 21.9 Å². The summed E-state index contributed by atoms with van der Waals surface area (Å²) in [7, 11) is 0. The molecule has 114 valence electrons. The molecule has 0 aliphatic carbocycles. The molecule has 0 atom stereocenters. The molecule has 0 aromatic heterocycles. The van der Waals surface area contributed by atoms with E-state index in [9.17, 15) is 4.79 Å². The van der Waals surface area contributed by atoms with Crippen LogP contribution in [0, 0.1) is 0 Å². The van der Waals surface area contributed by atoms with Crippen LogP contribution in [0.4, 0.5) is 0 Å². The van der Waals surface area contributed by atoms with Crippen LogP contribution in [0.1, 0.15) is 28.4 Å². The Labute approximate surface area is 137 Å². The lowest BCUT2D eigenvalue weighted by Gasteiger charge is -2.08. The van der Waals surface area contributed by atoms with Gasteiger partial charge < -0.3 is 14.2 Å². The van der Waals surface area contributed by atoms with E-state index in [1.165, 1.54) is 5.56 Å². The van der Waals surface area contributed by atoms with Gasteiger partial charge in [0.2, 0.25) is 6.79 Å². The third-order valence-corrected chi connectivity index (χ3v) is 4.24. The molecule has 1 aliphatic rings. The van der Waals surface area contributed by atoms with Crippen molar-refractivity contribution in [2.45, 2.75) is 20.0 Å². The summed E-state index contributed by atoms with van der Waals surface area (Å²) in [6.45, 7) is 2.46. The molecule has 2 aromatic rings. The van der Waals surface area contributed by atoms with E-state index in [0.29, 0.717) is 17.1 Å². The Bertz CT molecular complexity index is 695. The lowest BCUT2D eigenvalue weighted by atomic mass is 10.1. The molecular weight excluding hydrogens is 348 g/mol. The molecule has 4 nitrogen and oxygen atoms in total. The standard InChI is InChI=1S/C17H15BrO4/c1-2-11-3-5-12(6-4-11)17(19)20-9-13-7-15-16(8-14(13)18)22-10-21-15/h3-8H,2,9-10H2,1H3. The summed E-state index contributed by atoms with van der Waals surface area (Å²) in [4.78, 5) is 12.1. The van der Waals surface area contributed by atoms with Gasteiger partial charge >= 0.3 is 5.97 Å². The van der Waals surface area contributed by atoms with Gasteiger partial charge in [0.1, 0.15) is 6.61 Å². The first-order valence-electron chi connectivity index (χ1n) is 7.01. The molecule has 0 saturated carbocycles. The van der Waals surface area contributed by atoms with Gasteiger partial charge in [0.15, 0.2) is 11.5 Å². The molecule has 0 radical (unpaired) electrons. The number of rotatable bonds is 4. The number of hydrogen-bond acceptors (Lipinski definition) is 4. The van der Waals surface area contributed by atoms with Crippen LogP contribution in [-0.4, -0.2) is 12.8 Å². The molecule has 0 fully saturated rings. The fourth-order valence-corrected chi connectivity index (χ4v) is 2.61. The second-order valence-corrected chi connectivity index (χ2v) is 5.78. The maximum Gasteiger partial charge on any atom is 0.338 e. The first-order chi connectivity index (χ1) is 10.7. The molecule has 5 heteroatoms. The predicted molar refractivity (Wildman–Crippen MR) is 85.2 cm³/mol. The van der Waals surface area contributed by atoms with Crippen LogP contribution in [0.2, 0.25) is 0 Å². The average molecular weight is 363 g/mol. The highest BCUT2D eigenvalue weighted by atomic mass is 79.9. The van der Waals surface area contributed by atoms with Crippen LogP contribution in [-0.2, 0) is 17.8 Å².